The summed E-state index contributed by atoms with van der Waals surface area (Å²) in [6, 6.07) is 18.1. The Morgan fingerprint density at radius 2 is 0.382 bits per heavy atom. The van der Waals surface area contributed by atoms with Crippen LogP contribution in [0.4, 0.5) is 22.7 Å². The number of fused-ring (bicyclic) bond motifs is 2. The third kappa shape index (κ3) is 10.1. The zero-order valence-corrected chi connectivity index (χ0v) is 43.9. The summed E-state index contributed by atoms with van der Waals surface area (Å²) < 4.78 is 47.2. The first kappa shape index (κ1) is 49.7. The molecule has 0 aliphatic carbocycles. The number of hydrogen-bond acceptors (Lipinski definition) is 12. The number of aliphatic imine (C=N–C) groups is 4. The monoisotopic (exact) mass is 1040 g/mol. The highest BCUT2D eigenvalue weighted by Gasteiger charge is 2.31. The van der Waals surface area contributed by atoms with Crippen molar-refractivity contribution in [2.75, 3.05) is 210 Å². The highest BCUT2D eigenvalue weighted by molar-refractivity contribution is 6.37. The van der Waals surface area contributed by atoms with Crippen molar-refractivity contribution in [1.29, 1.82) is 0 Å². The molecule has 8 saturated heterocycles. The molecule has 5 aromatic rings. The Hall–Kier alpha value is -5.84. The first-order chi connectivity index (χ1) is 37.7. The highest BCUT2D eigenvalue weighted by Crippen LogP contribution is 2.50. The van der Waals surface area contributed by atoms with Gasteiger partial charge in [0.2, 0.25) is 23.8 Å². The van der Waals surface area contributed by atoms with Gasteiger partial charge in [-0.3, -0.25) is 0 Å². The van der Waals surface area contributed by atoms with E-state index in [0.717, 1.165) is 194 Å². The molecular formula is C56H72N12O8. The lowest BCUT2D eigenvalue weighted by Gasteiger charge is -2.38. The van der Waals surface area contributed by atoms with Crippen molar-refractivity contribution >= 4 is 89.7 Å². The summed E-state index contributed by atoms with van der Waals surface area (Å²) in [5.74, 6) is 3.83. The number of nitrogens with zero attached hydrogens (tertiary/aromatic N) is 12. The Bertz CT molecular complexity index is 2480. The predicted molar refractivity (Wildman–Crippen MR) is 295 cm³/mol. The first-order valence-corrected chi connectivity index (χ1v) is 27.9. The van der Waals surface area contributed by atoms with Crippen LogP contribution in [-0.4, -0.2) is 273 Å². The van der Waals surface area contributed by atoms with Gasteiger partial charge >= 0.3 is 0 Å². The molecule has 8 aliphatic rings. The quantitative estimate of drug-likeness (QED) is 0.109. The van der Waals surface area contributed by atoms with Crippen LogP contribution in [0.15, 0.2) is 68.5 Å². The molecule has 8 aliphatic heterocycles. The molecule has 5 aromatic carbocycles. The fourth-order valence-corrected chi connectivity index (χ4v) is 12.1. The number of benzene rings is 5. The molecule has 0 bridgehead atoms. The first-order valence-electron chi connectivity index (χ1n) is 27.9. The minimum Gasteiger partial charge on any atom is -0.378 e. The summed E-state index contributed by atoms with van der Waals surface area (Å²) in [7, 11) is 0. The van der Waals surface area contributed by atoms with Crippen molar-refractivity contribution in [3.63, 3.8) is 0 Å². The van der Waals surface area contributed by atoms with Crippen LogP contribution in [0.5, 0.6) is 0 Å². The van der Waals surface area contributed by atoms with Gasteiger partial charge in [-0.15, -0.1) is 0 Å². The van der Waals surface area contributed by atoms with Gasteiger partial charge < -0.3 is 77.1 Å². The minimum absolute atomic E-state index is 0.658. The molecular weight excluding hydrogens is 969 g/mol. The Morgan fingerprint density at radius 1 is 0.224 bits per heavy atom. The van der Waals surface area contributed by atoms with Gasteiger partial charge in [0.05, 0.1) is 128 Å². The zero-order valence-electron chi connectivity index (χ0n) is 43.9. The Morgan fingerprint density at radius 3 is 0.539 bits per heavy atom. The van der Waals surface area contributed by atoms with Crippen molar-refractivity contribution in [3.8, 4) is 0 Å². The van der Waals surface area contributed by atoms with E-state index < -0.39 is 0 Å². The second-order valence-corrected chi connectivity index (χ2v) is 20.5. The SMILES string of the molecule is c1cc2c3ccc(N=C(N4CCOCC4)N4CCOCC4)c4c(N=C(N5CCOCC5)N5CCOCC5)ccc(c5ccc(N=C(N6CCOCC6)N6CCOCC6)c(c1N=C(N1CCOCC1)N1CCOCC1)c25)c43. The molecule has 0 spiro atoms. The Kier molecular flexibility index (Phi) is 15.1. The van der Waals surface area contributed by atoms with Crippen LogP contribution in [0.25, 0.3) is 43.1 Å². The molecule has 0 unspecified atom stereocenters. The van der Waals surface area contributed by atoms with Gasteiger partial charge in [-0.05, 0) is 45.8 Å². The number of morpholine rings is 8. The van der Waals surface area contributed by atoms with Crippen LogP contribution >= 0.6 is 0 Å². The zero-order chi connectivity index (χ0) is 50.6. The van der Waals surface area contributed by atoms with Crippen LogP contribution in [0.1, 0.15) is 0 Å². The van der Waals surface area contributed by atoms with Gasteiger partial charge in [-0.25, -0.2) is 20.0 Å². The maximum Gasteiger partial charge on any atom is 0.202 e. The molecule has 8 fully saturated rings. The molecule has 0 saturated carbocycles. The van der Waals surface area contributed by atoms with Crippen molar-refractivity contribution < 1.29 is 37.9 Å². The van der Waals surface area contributed by atoms with E-state index in [1.54, 1.807) is 0 Å². The molecule has 20 heteroatoms. The van der Waals surface area contributed by atoms with Crippen molar-refractivity contribution in [2.24, 2.45) is 20.0 Å². The van der Waals surface area contributed by atoms with Crippen LogP contribution in [-0.2, 0) is 37.9 Å². The molecule has 0 N–H and O–H groups in total. The standard InChI is InChI=1S/C56H72N12O8/c1-5-45(57-53(61-9-25-69-26-10-61)62-11-27-70-28-12-62)51-46(58-54(63-13-29-71-30-14-63)64-15-31-72-32-16-64)7-3-43-44-4-8-48(60-56(67-21-37-75-38-22-67)68-23-39-76-40-24-68)52-47(6-2-42(50(44)52)41(1)49(43)51)59-55(65-17-33-73-34-18-65)66-19-35-74-36-20-66/h1-8H,9-40H2. The molecule has 0 atom stereocenters. The van der Waals surface area contributed by atoms with Crippen LogP contribution < -0.4 is 0 Å². The van der Waals surface area contributed by atoms with E-state index in [1.807, 2.05) is 0 Å². The second kappa shape index (κ2) is 23.0. The van der Waals surface area contributed by atoms with Crippen molar-refractivity contribution in [1.82, 2.24) is 39.2 Å². The molecule has 0 aromatic heterocycles. The van der Waals surface area contributed by atoms with Gasteiger partial charge in [0.1, 0.15) is 0 Å². The van der Waals surface area contributed by atoms with Crippen LogP contribution in [0.2, 0.25) is 0 Å². The van der Waals surface area contributed by atoms with Gasteiger partial charge in [-0.2, -0.15) is 0 Å². The summed E-state index contributed by atoms with van der Waals surface area (Å²) in [6.45, 7) is 22.8. The highest BCUT2D eigenvalue weighted by atomic mass is 16.5. The number of rotatable bonds is 4. The smallest absolute Gasteiger partial charge is 0.202 e. The van der Waals surface area contributed by atoms with E-state index in [-0.39, 0.29) is 0 Å². The molecule has 0 amide bonds. The van der Waals surface area contributed by atoms with Crippen molar-refractivity contribution in [3.05, 3.63) is 48.5 Å². The molecule has 13 rings (SSSR count). The van der Waals surface area contributed by atoms with Gasteiger partial charge in [0.25, 0.3) is 0 Å². The van der Waals surface area contributed by atoms with Gasteiger partial charge in [0, 0.05) is 126 Å². The molecule has 8 heterocycles. The number of ether oxygens (including phenoxy) is 8. The van der Waals surface area contributed by atoms with Gasteiger partial charge in [0.15, 0.2) is 0 Å². The lowest BCUT2D eigenvalue weighted by molar-refractivity contribution is 0.0421. The van der Waals surface area contributed by atoms with Gasteiger partial charge in [-0.1, -0.05) is 24.3 Å². The molecule has 76 heavy (non-hydrogen) atoms. The van der Waals surface area contributed by atoms with E-state index in [1.165, 1.54) is 0 Å². The lowest BCUT2D eigenvalue weighted by Crippen LogP contribution is -2.52. The topological polar surface area (TPSA) is 149 Å². The number of guanidine groups is 4. The summed E-state index contributed by atoms with van der Waals surface area (Å²) in [5, 5.41) is 8.88. The van der Waals surface area contributed by atoms with Crippen LogP contribution in [0, 0.1) is 0 Å². The average Bonchev–Trinajstić information content (AvgIpc) is 3.53. The maximum atomic E-state index is 5.90. The third-order valence-corrected chi connectivity index (χ3v) is 16.0. The summed E-state index contributed by atoms with van der Waals surface area (Å²) in [4.78, 5) is 42.2. The fourth-order valence-electron chi connectivity index (χ4n) is 12.1. The Labute approximate surface area is 444 Å². The second-order valence-electron chi connectivity index (χ2n) is 20.5. The largest absolute Gasteiger partial charge is 0.378 e. The van der Waals surface area contributed by atoms with E-state index in [0.29, 0.717) is 106 Å². The predicted octanol–water partition coefficient (Wildman–Crippen LogP) is 4.34. The summed E-state index contributed by atoms with van der Waals surface area (Å²) in [6.07, 6.45) is 0. The minimum atomic E-state index is 0.658. The average molecular weight is 1040 g/mol. The third-order valence-electron chi connectivity index (χ3n) is 16.0. The molecule has 404 valence electrons. The van der Waals surface area contributed by atoms with E-state index in [2.05, 4.69) is 87.7 Å². The maximum absolute atomic E-state index is 5.90. The van der Waals surface area contributed by atoms with Crippen molar-refractivity contribution in [2.45, 2.75) is 0 Å². The number of hydrogen-bond donors (Lipinski definition) is 0. The normalized spacial score (nSPS) is 21.5. The summed E-state index contributed by atoms with van der Waals surface area (Å²) >= 11 is 0. The van der Waals surface area contributed by atoms with E-state index >= 15 is 0 Å². The lowest BCUT2D eigenvalue weighted by atomic mass is 9.88. The fraction of sp³-hybridized carbons (Fsp3) is 0.571. The summed E-state index contributed by atoms with van der Waals surface area (Å²) in [5.41, 5.74) is 3.55. The molecule has 0 radical (unpaired) electrons. The van der Waals surface area contributed by atoms with E-state index in [4.69, 9.17) is 57.9 Å². The molecule has 20 nitrogen and oxygen atoms in total. The Balaban J connectivity index is 1.08. The van der Waals surface area contributed by atoms with E-state index in [9.17, 15) is 0 Å². The van der Waals surface area contributed by atoms with Crippen LogP contribution in [0.3, 0.4) is 0 Å².